The van der Waals surface area contributed by atoms with Crippen LogP contribution in [-0.4, -0.2) is 14.5 Å². The number of imidazole rings is 1. The van der Waals surface area contributed by atoms with Crippen molar-refractivity contribution < 1.29 is 0 Å². The summed E-state index contributed by atoms with van der Waals surface area (Å²) < 4.78 is 1.48. The normalized spacial score (nSPS) is 11.6. The molecule has 0 bridgehead atoms. The van der Waals surface area contributed by atoms with Gasteiger partial charge in [0.1, 0.15) is 24.3 Å². The van der Waals surface area contributed by atoms with Crippen molar-refractivity contribution in [1.29, 1.82) is 10.5 Å². The van der Waals surface area contributed by atoms with Gasteiger partial charge in [0.15, 0.2) is 11.4 Å². The van der Waals surface area contributed by atoms with Gasteiger partial charge in [-0.25, -0.2) is 9.97 Å². The minimum Gasteiger partial charge on any atom is -0.324 e. The first-order valence-electron chi connectivity index (χ1n) is 5.26. The maximum atomic E-state index is 9.01. The Bertz CT molecular complexity index is 639. The number of rotatable bonds is 2. The van der Waals surface area contributed by atoms with Crippen molar-refractivity contribution in [3.63, 3.8) is 0 Å². The lowest BCUT2D eigenvalue weighted by molar-refractivity contribution is 0.807. The first-order valence-corrected chi connectivity index (χ1v) is 5.26. The summed E-state index contributed by atoms with van der Waals surface area (Å²) in [6, 6.07) is 7.28. The highest BCUT2D eigenvalue weighted by molar-refractivity contribution is 5.41. The second kappa shape index (κ2) is 4.66. The fourth-order valence-corrected chi connectivity index (χ4v) is 1.52. The molecule has 2 aromatic heterocycles. The predicted octanol–water partition coefficient (Wildman–Crippen LogP) is 1.03. The second-order valence-corrected chi connectivity index (χ2v) is 3.77. The fourth-order valence-electron chi connectivity index (χ4n) is 1.52. The van der Waals surface area contributed by atoms with Gasteiger partial charge < -0.3 is 5.73 Å². The van der Waals surface area contributed by atoms with E-state index in [0.717, 1.165) is 5.56 Å². The molecule has 2 aromatic rings. The third kappa shape index (κ3) is 1.93. The molecule has 0 aliphatic carbocycles. The molecule has 0 spiro atoms. The zero-order valence-corrected chi connectivity index (χ0v) is 9.70. The van der Waals surface area contributed by atoms with Crippen LogP contribution in [0, 0.1) is 22.7 Å². The van der Waals surface area contributed by atoms with Crippen LogP contribution in [0.1, 0.15) is 29.9 Å². The molecule has 0 amide bonds. The van der Waals surface area contributed by atoms with E-state index in [1.54, 1.807) is 12.3 Å². The molecular formula is C12H10N6. The molecule has 6 heteroatoms. The van der Waals surface area contributed by atoms with Crippen molar-refractivity contribution in [3.05, 3.63) is 41.6 Å². The minimum atomic E-state index is -0.0977. The summed E-state index contributed by atoms with van der Waals surface area (Å²) in [5.74, 6) is 0.532. The molecule has 0 aliphatic heterocycles. The van der Waals surface area contributed by atoms with E-state index < -0.39 is 0 Å². The van der Waals surface area contributed by atoms with E-state index in [4.69, 9.17) is 16.3 Å². The van der Waals surface area contributed by atoms with E-state index in [-0.39, 0.29) is 17.4 Å². The van der Waals surface area contributed by atoms with Crippen LogP contribution in [0.4, 0.5) is 0 Å². The van der Waals surface area contributed by atoms with Crippen molar-refractivity contribution in [3.8, 4) is 18.0 Å². The molecule has 0 aromatic carbocycles. The molecule has 2 N–H and O–H groups in total. The highest BCUT2D eigenvalue weighted by Crippen LogP contribution is 2.14. The molecular weight excluding hydrogens is 228 g/mol. The summed E-state index contributed by atoms with van der Waals surface area (Å²) >= 11 is 0. The predicted molar refractivity (Wildman–Crippen MR) is 63.4 cm³/mol. The lowest BCUT2D eigenvalue weighted by Gasteiger charge is -2.06. The van der Waals surface area contributed by atoms with Gasteiger partial charge in [0.2, 0.25) is 0 Å². The smallest absolute Gasteiger partial charge is 0.177 e. The van der Waals surface area contributed by atoms with Crippen molar-refractivity contribution in [2.24, 2.45) is 5.73 Å². The van der Waals surface area contributed by atoms with Crippen LogP contribution in [0.15, 0.2) is 24.7 Å². The van der Waals surface area contributed by atoms with Gasteiger partial charge in [-0.05, 0) is 18.6 Å². The first-order chi connectivity index (χ1) is 8.67. The molecule has 0 aliphatic rings. The summed E-state index contributed by atoms with van der Waals surface area (Å²) in [5.41, 5.74) is 6.90. The van der Waals surface area contributed by atoms with Gasteiger partial charge in [-0.1, -0.05) is 6.07 Å². The number of aromatic nitrogens is 3. The summed E-state index contributed by atoms with van der Waals surface area (Å²) in [6.07, 6.45) is 3.05. The number of nitrogens with zero attached hydrogens (tertiary/aromatic N) is 5. The number of hydrogen-bond acceptors (Lipinski definition) is 5. The lowest BCUT2D eigenvalue weighted by Crippen LogP contribution is -2.06. The quantitative estimate of drug-likeness (QED) is 0.841. The maximum absolute atomic E-state index is 9.01. The monoisotopic (exact) mass is 238 g/mol. The van der Waals surface area contributed by atoms with Gasteiger partial charge in [0.25, 0.3) is 0 Å². The Balaban J connectivity index is 2.47. The standard InChI is InChI=1S/C12H10N6/c1-8(15)9-2-3-12(16-6-9)18-7-17-10(4-13)11(18)5-14/h2-3,6-8H,15H2,1H3. The molecule has 0 saturated heterocycles. The van der Waals surface area contributed by atoms with Crippen molar-refractivity contribution in [2.45, 2.75) is 13.0 Å². The highest BCUT2D eigenvalue weighted by Gasteiger charge is 2.12. The average molecular weight is 238 g/mol. The lowest BCUT2D eigenvalue weighted by atomic mass is 10.1. The van der Waals surface area contributed by atoms with Crippen molar-refractivity contribution in [1.82, 2.24) is 14.5 Å². The van der Waals surface area contributed by atoms with E-state index >= 15 is 0 Å². The van der Waals surface area contributed by atoms with E-state index in [0.29, 0.717) is 5.82 Å². The Morgan fingerprint density at radius 2 is 2.06 bits per heavy atom. The first kappa shape index (κ1) is 11.8. The van der Waals surface area contributed by atoms with Gasteiger partial charge in [-0.3, -0.25) is 4.57 Å². The average Bonchev–Trinajstić information content (AvgIpc) is 2.81. The highest BCUT2D eigenvalue weighted by atomic mass is 15.1. The Morgan fingerprint density at radius 1 is 1.28 bits per heavy atom. The number of hydrogen-bond donors (Lipinski definition) is 1. The fraction of sp³-hybridized carbons (Fsp3) is 0.167. The molecule has 18 heavy (non-hydrogen) atoms. The summed E-state index contributed by atoms with van der Waals surface area (Å²) in [7, 11) is 0. The molecule has 0 fully saturated rings. The van der Waals surface area contributed by atoms with E-state index in [2.05, 4.69) is 9.97 Å². The van der Waals surface area contributed by atoms with E-state index in [9.17, 15) is 0 Å². The topological polar surface area (TPSA) is 104 Å². The Hall–Kier alpha value is -2.70. The van der Waals surface area contributed by atoms with Crippen LogP contribution in [-0.2, 0) is 0 Å². The molecule has 0 saturated carbocycles. The zero-order chi connectivity index (χ0) is 13.1. The van der Waals surface area contributed by atoms with E-state index in [1.807, 2.05) is 25.1 Å². The van der Waals surface area contributed by atoms with Gasteiger partial charge in [0, 0.05) is 12.2 Å². The van der Waals surface area contributed by atoms with Crippen LogP contribution in [0.3, 0.4) is 0 Å². The second-order valence-electron chi connectivity index (χ2n) is 3.77. The molecule has 2 heterocycles. The SMILES string of the molecule is CC(N)c1ccc(-n2cnc(C#N)c2C#N)nc1. The Labute approximate surface area is 104 Å². The van der Waals surface area contributed by atoms with Gasteiger partial charge in [-0.15, -0.1) is 0 Å². The number of nitrogens with two attached hydrogens (primary N) is 1. The van der Waals surface area contributed by atoms with Crippen molar-refractivity contribution in [2.75, 3.05) is 0 Å². The number of pyridine rings is 1. The molecule has 2 rings (SSSR count). The van der Waals surface area contributed by atoms with Crippen LogP contribution in [0.2, 0.25) is 0 Å². The molecule has 6 nitrogen and oxygen atoms in total. The minimum absolute atomic E-state index is 0.0931. The third-order valence-corrected chi connectivity index (χ3v) is 2.52. The Morgan fingerprint density at radius 3 is 2.56 bits per heavy atom. The summed E-state index contributed by atoms with van der Waals surface area (Å²) in [4.78, 5) is 8.06. The molecule has 0 radical (unpaired) electrons. The summed E-state index contributed by atoms with van der Waals surface area (Å²) in [5, 5.41) is 17.8. The Kier molecular flexibility index (Phi) is 3.05. The number of nitriles is 2. The largest absolute Gasteiger partial charge is 0.324 e. The van der Waals surface area contributed by atoms with E-state index in [1.165, 1.54) is 10.9 Å². The zero-order valence-electron chi connectivity index (χ0n) is 9.70. The third-order valence-electron chi connectivity index (χ3n) is 2.52. The molecule has 88 valence electrons. The van der Waals surface area contributed by atoms with Crippen molar-refractivity contribution >= 4 is 0 Å². The van der Waals surface area contributed by atoms with Gasteiger partial charge in [-0.2, -0.15) is 10.5 Å². The maximum Gasteiger partial charge on any atom is 0.177 e. The van der Waals surface area contributed by atoms with Crippen LogP contribution in [0.25, 0.3) is 5.82 Å². The van der Waals surface area contributed by atoms with Crippen LogP contribution >= 0.6 is 0 Å². The van der Waals surface area contributed by atoms with Gasteiger partial charge in [0.05, 0.1) is 0 Å². The van der Waals surface area contributed by atoms with Crippen LogP contribution in [0.5, 0.6) is 0 Å². The molecule has 1 atom stereocenters. The summed E-state index contributed by atoms with van der Waals surface area (Å²) in [6.45, 7) is 1.86. The molecule has 1 unspecified atom stereocenters. The van der Waals surface area contributed by atoms with Gasteiger partial charge >= 0.3 is 0 Å². The van der Waals surface area contributed by atoms with Crippen LogP contribution < -0.4 is 5.73 Å².